The molecule has 0 saturated carbocycles. The number of hydrogen-bond donors (Lipinski definition) is 1. The van der Waals surface area contributed by atoms with Gasteiger partial charge in [-0.3, -0.25) is 4.79 Å². The van der Waals surface area contributed by atoms with Crippen LogP contribution in [-0.2, 0) is 0 Å². The Bertz CT molecular complexity index is 628. The molecule has 96 valence electrons. The van der Waals surface area contributed by atoms with Crippen LogP contribution in [0.2, 0.25) is 5.02 Å². The summed E-state index contributed by atoms with van der Waals surface area (Å²) in [5, 5.41) is 4.23. The SMILES string of the molecule is O=C(N/N=C/c1cccc(F)c1)c1cccc(Cl)c1. The Morgan fingerprint density at radius 2 is 2.00 bits per heavy atom. The average molecular weight is 277 g/mol. The quantitative estimate of drug-likeness (QED) is 0.679. The van der Waals surface area contributed by atoms with E-state index < -0.39 is 0 Å². The molecule has 5 heteroatoms. The maximum Gasteiger partial charge on any atom is 0.271 e. The van der Waals surface area contributed by atoms with E-state index in [2.05, 4.69) is 10.5 Å². The highest BCUT2D eigenvalue weighted by atomic mass is 35.5. The molecule has 1 amide bonds. The molecule has 0 bridgehead atoms. The van der Waals surface area contributed by atoms with E-state index in [1.165, 1.54) is 24.4 Å². The average Bonchev–Trinajstić information content (AvgIpc) is 2.38. The molecule has 19 heavy (non-hydrogen) atoms. The number of carbonyl (C=O) groups is 1. The molecular weight excluding hydrogens is 267 g/mol. The number of rotatable bonds is 3. The van der Waals surface area contributed by atoms with E-state index in [0.29, 0.717) is 16.1 Å². The molecule has 0 atom stereocenters. The number of amides is 1. The van der Waals surface area contributed by atoms with Crippen molar-refractivity contribution in [1.82, 2.24) is 5.43 Å². The molecule has 3 nitrogen and oxygen atoms in total. The Labute approximate surface area is 114 Å². The van der Waals surface area contributed by atoms with Gasteiger partial charge in [0, 0.05) is 10.6 Å². The zero-order valence-corrected chi connectivity index (χ0v) is 10.6. The molecule has 0 aliphatic heterocycles. The standard InChI is InChI=1S/C14H10ClFN2O/c15-12-5-2-4-11(8-12)14(19)18-17-9-10-3-1-6-13(16)7-10/h1-9H,(H,18,19)/b17-9+. The summed E-state index contributed by atoms with van der Waals surface area (Å²) in [7, 11) is 0. The smallest absolute Gasteiger partial charge is 0.267 e. The molecule has 0 aliphatic carbocycles. The normalized spacial score (nSPS) is 10.6. The monoisotopic (exact) mass is 276 g/mol. The van der Waals surface area contributed by atoms with Crippen LogP contribution in [0.25, 0.3) is 0 Å². The van der Waals surface area contributed by atoms with Crippen molar-refractivity contribution >= 4 is 23.7 Å². The van der Waals surface area contributed by atoms with Gasteiger partial charge in [-0.1, -0.05) is 29.8 Å². The first-order chi connectivity index (χ1) is 9.15. The van der Waals surface area contributed by atoms with Gasteiger partial charge >= 0.3 is 0 Å². The van der Waals surface area contributed by atoms with Gasteiger partial charge in [-0.2, -0.15) is 5.10 Å². The molecule has 2 aromatic rings. The summed E-state index contributed by atoms with van der Waals surface area (Å²) in [6.07, 6.45) is 1.37. The topological polar surface area (TPSA) is 41.5 Å². The van der Waals surface area contributed by atoms with Gasteiger partial charge in [-0.05, 0) is 35.9 Å². The van der Waals surface area contributed by atoms with Gasteiger partial charge in [0.05, 0.1) is 6.21 Å². The van der Waals surface area contributed by atoms with Crippen LogP contribution in [-0.4, -0.2) is 12.1 Å². The van der Waals surface area contributed by atoms with Crippen molar-refractivity contribution in [2.24, 2.45) is 5.10 Å². The largest absolute Gasteiger partial charge is 0.271 e. The second-order valence-corrected chi connectivity index (χ2v) is 4.20. The minimum atomic E-state index is -0.379. The molecule has 0 saturated heterocycles. The summed E-state index contributed by atoms with van der Waals surface area (Å²) in [5.74, 6) is -0.736. The lowest BCUT2D eigenvalue weighted by Gasteiger charge is -2.00. The summed E-state index contributed by atoms with van der Waals surface area (Å²) >= 11 is 5.78. The number of carbonyl (C=O) groups excluding carboxylic acids is 1. The van der Waals surface area contributed by atoms with E-state index in [9.17, 15) is 9.18 Å². The van der Waals surface area contributed by atoms with Crippen LogP contribution in [0, 0.1) is 5.82 Å². The molecule has 2 rings (SSSR count). The van der Waals surface area contributed by atoms with Crippen molar-refractivity contribution in [2.75, 3.05) is 0 Å². The van der Waals surface area contributed by atoms with Crippen molar-refractivity contribution in [3.63, 3.8) is 0 Å². The predicted molar refractivity (Wildman–Crippen MR) is 72.9 cm³/mol. The lowest BCUT2D eigenvalue weighted by Crippen LogP contribution is -2.17. The third-order valence-electron chi connectivity index (χ3n) is 2.32. The van der Waals surface area contributed by atoms with Gasteiger partial charge in [0.15, 0.2) is 0 Å². The van der Waals surface area contributed by atoms with Gasteiger partial charge in [-0.15, -0.1) is 0 Å². The van der Waals surface area contributed by atoms with E-state index in [1.54, 1.807) is 30.3 Å². The van der Waals surface area contributed by atoms with Crippen LogP contribution >= 0.6 is 11.6 Å². The zero-order chi connectivity index (χ0) is 13.7. The molecule has 2 aromatic carbocycles. The van der Waals surface area contributed by atoms with Gasteiger partial charge in [0.2, 0.25) is 0 Å². The van der Waals surface area contributed by atoms with Crippen molar-refractivity contribution in [3.05, 3.63) is 70.5 Å². The first-order valence-electron chi connectivity index (χ1n) is 5.50. The number of benzene rings is 2. The molecule has 1 N–H and O–H groups in total. The van der Waals surface area contributed by atoms with Crippen LogP contribution in [0.5, 0.6) is 0 Å². The molecule has 0 unspecified atom stereocenters. The van der Waals surface area contributed by atoms with Crippen LogP contribution < -0.4 is 5.43 Å². The Hall–Kier alpha value is -2.20. The van der Waals surface area contributed by atoms with Crippen molar-refractivity contribution in [2.45, 2.75) is 0 Å². The highest BCUT2D eigenvalue weighted by Crippen LogP contribution is 2.10. The van der Waals surface area contributed by atoms with Crippen molar-refractivity contribution in [1.29, 1.82) is 0 Å². The predicted octanol–water partition coefficient (Wildman–Crippen LogP) is 3.24. The summed E-state index contributed by atoms with van der Waals surface area (Å²) in [6.45, 7) is 0. The fourth-order valence-corrected chi connectivity index (χ4v) is 1.64. The fourth-order valence-electron chi connectivity index (χ4n) is 1.45. The first kappa shape index (κ1) is 13.2. The number of nitrogens with one attached hydrogen (secondary N) is 1. The number of hydrazone groups is 1. The van der Waals surface area contributed by atoms with Crippen LogP contribution in [0.15, 0.2) is 53.6 Å². The molecular formula is C14H10ClFN2O. The second-order valence-electron chi connectivity index (χ2n) is 3.76. The second kappa shape index (κ2) is 6.11. The summed E-state index contributed by atoms with van der Waals surface area (Å²) in [5.41, 5.74) is 3.31. The van der Waals surface area contributed by atoms with Gasteiger partial charge in [0.25, 0.3) is 5.91 Å². The summed E-state index contributed by atoms with van der Waals surface area (Å²) in [4.78, 5) is 11.7. The van der Waals surface area contributed by atoms with Gasteiger partial charge in [0.1, 0.15) is 5.82 Å². The summed E-state index contributed by atoms with van der Waals surface area (Å²) < 4.78 is 12.9. The van der Waals surface area contributed by atoms with Crippen molar-refractivity contribution in [3.8, 4) is 0 Å². The lowest BCUT2D eigenvalue weighted by molar-refractivity contribution is 0.0955. The van der Waals surface area contributed by atoms with Gasteiger partial charge in [-0.25, -0.2) is 9.82 Å². The zero-order valence-electron chi connectivity index (χ0n) is 9.81. The lowest BCUT2D eigenvalue weighted by atomic mass is 10.2. The molecule has 0 spiro atoms. The molecule has 0 aliphatic rings. The van der Waals surface area contributed by atoms with Crippen LogP contribution in [0.3, 0.4) is 0 Å². The maximum absolute atomic E-state index is 12.9. The van der Waals surface area contributed by atoms with E-state index in [0.717, 1.165) is 0 Å². The fraction of sp³-hybridized carbons (Fsp3) is 0. The number of nitrogens with zero attached hydrogens (tertiary/aromatic N) is 1. The molecule has 0 heterocycles. The highest BCUT2D eigenvalue weighted by Gasteiger charge is 2.03. The Balaban J connectivity index is 2.01. The first-order valence-corrected chi connectivity index (χ1v) is 5.87. The Morgan fingerprint density at radius 3 is 2.74 bits per heavy atom. The van der Waals surface area contributed by atoms with E-state index in [4.69, 9.17) is 11.6 Å². The maximum atomic E-state index is 12.9. The Kier molecular flexibility index (Phi) is 4.26. The molecule has 0 aromatic heterocycles. The highest BCUT2D eigenvalue weighted by molar-refractivity contribution is 6.30. The van der Waals surface area contributed by atoms with E-state index >= 15 is 0 Å². The minimum Gasteiger partial charge on any atom is -0.267 e. The minimum absolute atomic E-state index is 0.356. The van der Waals surface area contributed by atoms with E-state index in [1.807, 2.05) is 0 Å². The third kappa shape index (κ3) is 3.89. The van der Waals surface area contributed by atoms with E-state index in [-0.39, 0.29) is 11.7 Å². The van der Waals surface area contributed by atoms with Crippen LogP contribution in [0.1, 0.15) is 15.9 Å². The summed E-state index contributed by atoms with van der Waals surface area (Å²) in [6, 6.07) is 12.4. The third-order valence-corrected chi connectivity index (χ3v) is 2.55. The molecule has 0 fully saturated rings. The van der Waals surface area contributed by atoms with Crippen LogP contribution in [0.4, 0.5) is 4.39 Å². The molecule has 0 radical (unpaired) electrons. The number of halogens is 2. The van der Waals surface area contributed by atoms with Crippen molar-refractivity contribution < 1.29 is 9.18 Å². The number of hydrogen-bond acceptors (Lipinski definition) is 2. The van der Waals surface area contributed by atoms with Gasteiger partial charge < -0.3 is 0 Å². The Morgan fingerprint density at radius 1 is 1.21 bits per heavy atom.